The van der Waals surface area contributed by atoms with Crippen molar-refractivity contribution in [2.45, 2.75) is 6.04 Å². The maximum Gasteiger partial charge on any atom is 0.322 e. The minimum absolute atomic E-state index is 0.0177. The van der Waals surface area contributed by atoms with E-state index >= 15 is 0 Å². The normalized spacial score (nSPS) is 17.7. The molecule has 0 bridgehead atoms. The molecule has 0 aliphatic carbocycles. The number of amides is 2. The van der Waals surface area contributed by atoms with Crippen LogP contribution in [0, 0.1) is 0 Å². The molecule has 0 spiro atoms. The van der Waals surface area contributed by atoms with Gasteiger partial charge < -0.3 is 19.5 Å². The number of rotatable bonds is 3. The lowest BCUT2D eigenvalue weighted by Crippen LogP contribution is -2.50. The third-order valence-corrected chi connectivity index (χ3v) is 4.75. The molecular weight excluding hydrogens is 342 g/mol. The minimum atomic E-state index is -0.111. The van der Waals surface area contributed by atoms with Gasteiger partial charge in [0, 0.05) is 30.9 Å². The molecule has 1 atom stereocenters. The molecule has 7 nitrogen and oxygen atoms in total. The predicted octanol–water partition coefficient (Wildman–Crippen LogP) is 3.26. The number of hydrogen-bond acceptors (Lipinski definition) is 5. The van der Waals surface area contributed by atoms with E-state index in [2.05, 4.69) is 39.6 Å². The van der Waals surface area contributed by atoms with Crippen LogP contribution >= 0.6 is 0 Å². The van der Waals surface area contributed by atoms with E-state index in [1.54, 1.807) is 0 Å². The first-order valence-corrected chi connectivity index (χ1v) is 8.88. The van der Waals surface area contributed by atoms with E-state index in [0.717, 1.165) is 24.2 Å². The van der Waals surface area contributed by atoms with Crippen LogP contribution in [0.3, 0.4) is 0 Å². The number of carbonyl (C=O) groups is 1. The van der Waals surface area contributed by atoms with E-state index in [-0.39, 0.29) is 12.1 Å². The molecule has 2 amide bonds. The van der Waals surface area contributed by atoms with E-state index in [4.69, 9.17) is 4.42 Å². The molecule has 1 aliphatic rings. The van der Waals surface area contributed by atoms with Gasteiger partial charge in [-0.3, -0.25) is 0 Å². The highest BCUT2D eigenvalue weighted by Gasteiger charge is 2.30. The lowest BCUT2D eigenvalue weighted by Gasteiger charge is -2.40. The number of aromatic nitrogens is 2. The van der Waals surface area contributed by atoms with Crippen LogP contribution in [-0.2, 0) is 0 Å². The van der Waals surface area contributed by atoms with Gasteiger partial charge in [-0.25, -0.2) is 4.79 Å². The van der Waals surface area contributed by atoms with Gasteiger partial charge in [-0.1, -0.05) is 36.4 Å². The monoisotopic (exact) mass is 363 g/mol. The number of hydrogen-bond donors (Lipinski definition) is 1. The zero-order valence-electron chi connectivity index (χ0n) is 15.1. The minimum Gasteiger partial charge on any atom is -0.423 e. The summed E-state index contributed by atoms with van der Waals surface area (Å²) in [7, 11) is 2.08. The number of nitrogens with one attached hydrogen (secondary N) is 1. The first-order valence-electron chi connectivity index (χ1n) is 8.88. The summed E-state index contributed by atoms with van der Waals surface area (Å²) < 4.78 is 5.23. The van der Waals surface area contributed by atoms with Gasteiger partial charge in [0.2, 0.25) is 12.3 Å². The van der Waals surface area contributed by atoms with Crippen molar-refractivity contribution in [3.05, 3.63) is 66.6 Å². The van der Waals surface area contributed by atoms with Crippen molar-refractivity contribution < 1.29 is 9.21 Å². The van der Waals surface area contributed by atoms with Gasteiger partial charge >= 0.3 is 6.03 Å². The Morgan fingerprint density at radius 3 is 2.78 bits per heavy atom. The molecule has 1 aliphatic heterocycles. The Hall–Kier alpha value is -3.19. The number of likely N-dealkylation sites (N-methyl/N-ethyl adjacent to an activating group) is 1. The number of benzene rings is 2. The Bertz CT molecular complexity index is 898. The molecule has 27 heavy (non-hydrogen) atoms. The summed E-state index contributed by atoms with van der Waals surface area (Å²) >= 11 is 0. The smallest absolute Gasteiger partial charge is 0.322 e. The number of carbonyl (C=O) groups excluding carboxylic acids is 1. The van der Waals surface area contributed by atoms with E-state index < -0.39 is 0 Å². The first-order chi connectivity index (χ1) is 13.2. The van der Waals surface area contributed by atoms with Crippen LogP contribution in [0.2, 0.25) is 0 Å². The Kier molecular flexibility index (Phi) is 4.84. The van der Waals surface area contributed by atoms with Crippen LogP contribution < -0.4 is 5.32 Å². The van der Waals surface area contributed by atoms with Crippen LogP contribution in [0.5, 0.6) is 0 Å². The second-order valence-electron chi connectivity index (χ2n) is 6.64. The first kappa shape index (κ1) is 17.2. The fourth-order valence-electron chi connectivity index (χ4n) is 3.35. The zero-order valence-corrected chi connectivity index (χ0v) is 15.1. The summed E-state index contributed by atoms with van der Waals surface area (Å²) in [5.41, 5.74) is 2.60. The molecule has 0 radical (unpaired) electrons. The van der Waals surface area contributed by atoms with Gasteiger partial charge in [0.25, 0.3) is 0 Å². The van der Waals surface area contributed by atoms with Crippen LogP contribution in [0.4, 0.5) is 10.5 Å². The van der Waals surface area contributed by atoms with Gasteiger partial charge in [0.1, 0.15) is 0 Å². The van der Waals surface area contributed by atoms with Crippen LogP contribution in [-0.4, -0.2) is 52.7 Å². The van der Waals surface area contributed by atoms with Crippen molar-refractivity contribution in [2.75, 3.05) is 32.0 Å². The van der Waals surface area contributed by atoms with Crippen LogP contribution in [0.1, 0.15) is 11.6 Å². The third kappa shape index (κ3) is 3.83. The molecule has 2 aromatic carbocycles. The number of nitrogens with zero attached hydrogens (tertiary/aromatic N) is 4. The van der Waals surface area contributed by atoms with Gasteiger partial charge in [0.15, 0.2) is 0 Å². The quantitative estimate of drug-likeness (QED) is 0.773. The summed E-state index contributed by atoms with van der Waals surface area (Å²) in [6, 6.07) is 17.5. The van der Waals surface area contributed by atoms with Crippen molar-refractivity contribution in [3.8, 4) is 11.5 Å². The topological polar surface area (TPSA) is 74.5 Å². The number of anilines is 1. The molecule has 138 valence electrons. The van der Waals surface area contributed by atoms with Crippen molar-refractivity contribution in [1.29, 1.82) is 0 Å². The van der Waals surface area contributed by atoms with Crippen molar-refractivity contribution >= 4 is 11.7 Å². The summed E-state index contributed by atoms with van der Waals surface area (Å²) in [4.78, 5) is 17.1. The van der Waals surface area contributed by atoms with Gasteiger partial charge in [0.05, 0.1) is 6.04 Å². The second kappa shape index (κ2) is 7.59. The molecule has 1 fully saturated rings. The molecule has 2 heterocycles. The fraction of sp³-hybridized carbons (Fsp3) is 0.250. The highest BCUT2D eigenvalue weighted by molar-refractivity contribution is 5.90. The average Bonchev–Trinajstić information content (AvgIpc) is 3.24. The highest BCUT2D eigenvalue weighted by Crippen LogP contribution is 2.26. The lowest BCUT2D eigenvalue weighted by molar-refractivity contribution is 0.117. The van der Waals surface area contributed by atoms with E-state index in [0.29, 0.717) is 18.1 Å². The van der Waals surface area contributed by atoms with Crippen molar-refractivity contribution in [1.82, 2.24) is 20.0 Å². The zero-order chi connectivity index (χ0) is 18.6. The van der Waals surface area contributed by atoms with Gasteiger partial charge in [-0.05, 0) is 30.8 Å². The predicted molar refractivity (Wildman–Crippen MR) is 102 cm³/mol. The molecule has 1 unspecified atom stereocenters. The molecular formula is C20H21N5O2. The number of piperazine rings is 1. The molecule has 1 saturated heterocycles. The Balaban J connectivity index is 1.54. The van der Waals surface area contributed by atoms with E-state index in [1.165, 1.54) is 6.39 Å². The number of urea groups is 1. The molecule has 0 saturated carbocycles. The maximum atomic E-state index is 13.0. The second-order valence-corrected chi connectivity index (χ2v) is 6.64. The maximum absolute atomic E-state index is 13.0. The summed E-state index contributed by atoms with van der Waals surface area (Å²) in [5, 5.41) is 10.6. The van der Waals surface area contributed by atoms with E-state index in [1.807, 2.05) is 47.4 Å². The Labute approximate surface area is 157 Å². The summed E-state index contributed by atoms with van der Waals surface area (Å²) in [6.45, 7) is 2.32. The third-order valence-electron chi connectivity index (χ3n) is 4.75. The molecule has 1 N–H and O–H groups in total. The molecule has 4 rings (SSSR count). The summed E-state index contributed by atoms with van der Waals surface area (Å²) in [5.74, 6) is 0.424. The van der Waals surface area contributed by atoms with Crippen LogP contribution in [0.25, 0.3) is 11.5 Å². The Morgan fingerprint density at radius 2 is 2.00 bits per heavy atom. The average molecular weight is 363 g/mol. The molecule has 3 aromatic rings. The highest BCUT2D eigenvalue weighted by atomic mass is 16.4. The van der Waals surface area contributed by atoms with Crippen molar-refractivity contribution in [2.24, 2.45) is 0 Å². The standard InChI is InChI=1S/C20H21N5O2/c1-24-10-11-25(18(13-24)15-6-3-2-4-7-15)20(26)22-17-9-5-8-16(12-17)19-23-21-14-27-19/h2-9,12,14,18H,10-11,13H2,1H3,(H,22,26). The molecule has 7 heteroatoms. The van der Waals surface area contributed by atoms with Gasteiger partial charge in [-0.2, -0.15) is 0 Å². The summed E-state index contributed by atoms with van der Waals surface area (Å²) in [6.07, 6.45) is 1.29. The van der Waals surface area contributed by atoms with Crippen LogP contribution in [0.15, 0.2) is 65.4 Å². The lowest BCUT2D eigenvalue weighted by atomic mass is 10.0. The Morgan fingerprint density at radius 1 is 1.15 bits per heavy atom. The van der Waals surface area contributed by atoms with Crippen molar-refractivity contribution in [3.63, 3.8) is 0 Å². The van der Waals surface area contributed by atoms with E-state index in [9.17, 15) is 4.79 Å². The SMILES string of the molecule is CN1CCN(C(=O)Nc2cccc(-c3nnco3)c2)C(c2ccccc2)C1. The molecule has 1 aromatic heterocycles. The van der Waals surface area contributed by atoms with Gasteiger partial charge in [-0.15, -0.1) is 10.2 Å². The fourth-order valence-corrected chi connectivity index (χ4v) is 3.35. The largest absolute Gasteiger partial charge is 0.423 e.